The van der Waals surface area contributed by atoms with Gasteiger partial charge < -0.3 is 28.4 Å². The van der Waals surface area contributed by atoms with E-state index in [-0.39, 0.29) is 6.79 Å². The van der Waals surface area contributed by atoms with Gasteiger partial charge >= 0.3 is 11.9 Å². The van der Waals surface area contributed by atoms with Gasteiger partial charge in [0.05, 0.1) is 30.9 Å². The summed E-state index contributed by atoms with van der Waals surface area (Å²) in [6.45, 7) is 11.2. The molecule has 0 aliphatic heterocycles. The molecule has 0 unspecified atom stereocenters. The molecule has 0 spiro atoms. The van der Waals surface area contributed by atoms with Gasteiger partial charge in [0.25, 0.3) is 0 Å². The molecular formula is C33H36O10. The van der Waals surface area contributed by atoms with Gasteiger partial charge in [-0.2, -0.15) is 0 Å². The maximum Gasteiger partial charge on any atom is 0.343 e. The molecule has 43 heavy (non-hydrogen) atoms. The molecule has 0 fully saturated rings. The number of carbonyl (C=O) groups is 2. The van der Waals surface area contributed by atoms with Crippen molar-refractivity contribution in [3.8, 4) is 17.2 Å². The summed E-state index contributed by atoms with van der Waals surface area (Å²) in [5.74, 6) is 0.665. The van der Waals surface area contributed by atoms with Gasteiger partial charge in [-0.15, -0.1) is 6.58 Å². The lowest BCUT2D eigenvalue weighted by atomic mass is 10.1. The van der Waals surface area contributed by atoms with E-state index in [9.17, 15) is 9.59 Å². The zero-order valence-corrected chi connectivity index (χ0v) is 24.4. The Hall–Kier alpha value is -4.48. The number of aryl methyl sites for hydroxylation is 1. The standard InChI is InChI=1S/C33H36O10/c1-5-17-40-41-19-6-18-39-28-11-13-29(14-12-28)42-33(35)31-16-15-30(22-24(31)2)43-32(34)27-9-7-26(8-10-27)25(3)38-21-20-37-23-36-4/h5,7-16,22H,1,3,6,17-21,23H2,2,4H3. The highest BCUT2D eigenvalue weighted by Gasteiger charge is 2.15. The fraction of sp³-hybridized carbons (Fsp3) is 0.273. The van der Waals surface area contributed by atoms with E-state index in [4.69, 9.17) is 38.2 Å². The Labute approximate surface area is 251 Å². The van der Waals surface area contributed by atoms with Crippen molar-refractivity contribution in [2.24, 2.45) is 0 Å². The maximum absolute atomic E-state index is 12.8. The van der Waals surface area contributed by atoms with Crippen LogP contribution in [0.3, 0.4) is 0 Å². The van der Waals surface area contributed by atoms with Crippen molar-refractivity contribution in [1.29, 1.82) is 0 Å². The summed E-state index contributed by atoms with van der Waals surface area (Å²) < 4.78 is 32.2. The van der Waals surface area contributed by atoms with Crippen molar-refractivity contribution in [2.45, 2.75) is 13.3 Å². The van der Waals surface area contributed by atoms with Gasteiger partial charge in [-0.25, -0.2) is 19.4 Å². The number of hydrogen-bond donors (Lipinski definition) is 0. The summed E-state index contributed by atoms with van der Waals surface area (Å²) in [4.78, 5) is 35.3. The van der Waals surface area contributed by atoms with Crippen LogP contribution in [0.1, 0.15) is 38.3 Å². The minimum Gasteiger partial charge on any atom is -0.494 e. The Balaban J connectivity index is 1.46. The fourth-order valence-electron chi connectivity index (χ4n) is 3.57. The molecule has 0 saturated heterocycles. The van der Waals surface area contributed by atoms with Crippen molar-refractivity contribution in [1.82, 2.24) is 0 Å². The first-order valence-corrected chi connectivity index (χ1v) is 13.5. The van der Waals surface area contributed by atoms with E-state index in [2.05, 4.69) is 13.2 Å². The van der Waals surface area contributed by atoms with E-state index in [1.807, 2.05) is 0 Å². The molecule has 0 aliphatic rings. The van der Waals surface area contributed by atoms with Crippen molar-refractivity contribution >= 4 is 17.7 Å². The molecule has 3 aromatic rings. The van der Waals surface area contributed by atoms with Crippen molar-refractivity contribution in [3.63, 3.8) is 0 Å². The smallest absolute Gasteiger partial charge is 0.343 e. The average Bonchev–Trinajstić information content (AvgIpc) is 3.01. The number of hydrogen-bond acceptors (Lipinski definition) is 10. The van der Waals surface area contributed by atoms with Crippen LogP contribution in [0.15, 0.2) is 86.0 Å². The second-order valence-electron chi connectivity index (χ2n) is 8.99. The molecular weight excluding hydrogens is 556 g/mol. The third-order valence-electron chi connectivity index (χ3n) is 5.72. The SMILES string of the molecule is C=CCOOCCCOc1ccc(OC(=O)c2ccc(OC(=O)c3ccc(C(=C)OCCOCOC)cc3)cc2C)cc1. The molecule has 0 bridgehead atoms. The van der Waals surface area contributed by atoms with Crippen LogP contribution in [-0.2, 0) is 24.0 Å². The van der Waals surface area contributed by atoms with E-state index in [0.717, 1.165) is 5.56 Å². The van der Waals surface area contributed by atoms with E-state index >= 15 is 0 Å². The van der Waals surface area contributed by atoms with Crippen LogP contribution >= 0.6 is 0 Å². The Morgan fingerprint density at radius 3 is 2.14 bits per heavy atom. The molecule has 0 atom stereocenters. The third-order valence-corrected chi connectivity index (χ3v) is 5.72. The second-order valence-corrected chi connectivity index (χ2v) is 8.99. The third kappa shape index (κ3) is 11.4. The molecule has 0 saturated carbocycles. The summed E-state index contributed by atoms with van der Waals surface area (Å²) in [7, 11) is 1.54. The summed E-state index contributed by atoms with van der Waals surface area (Å²) in [6.07, 6.45) is 2.24. The number of ether oxygens (including phenoxy) is 6. The van der Waals surface area contributed by atoms with Crippen LogP contribution in [0.4, 0.5) is 0 Å². The van der Waals surface area contributed by atoms with Gasteiger partial charge in [0.2, 0.25) is 0 Å². The summed E-state index contributed by atoms with van der Waals surface area (Å²) >= 11 is 0. The molecule has 0 aromatic heterocycles. The molecule has 228 valence electrons. The Bertz CT molecular complexity index is 1330. The first-order chi connectivity index (χ1) is 20.9. The second kappa shape index (κ2) is 18.1. The molecule has 3 aromatic carbocycles. The van der Waals surface area contributed by atoms with Gasteiger partial charge in [-0.1, -0.05) is 24.8 Å². The van der Waals surface area contributed by atoms with E-state index in [0.29, 0.717) is 79.2 Å². The number of methoxy groups -OCH3 is 1. The minimum absolute atomic E-state index is 0.191. The highest BCUT2D eigenvalue weighted by Crippen LogP contribution is 2.23. The molecule has 0 N–H and O–H groups in total. The number of carbonyl (C=O) groups excluding carboxylic acids is 2. The lowest BCUT2D eigenvalue weighted by Gasteiger charge is -2.11. The van der Waals surface area contributed by atoms with Gasteiger partial charge in [0.15, 0.2) is 0 Å². The number of rotatable bonds is 19. The van der Waals surface area contributed by atoms with Crippen LogP contribution in [0, 0.1) is 6.92 Å². The monoisotopic (exact) mass is 592 g/mol. The molecule has 10 nitrogen and oxygen atoms in total. The zero-order chi connectivity index (χ0) is 30.9. The predicted octanol–water partition coefficient (Wildman–Crippen LogP) is 5.94. The largest absolute Gasteiger partial charge is 0.494 e. The maximum atomic E-state index is 12.8. The predicted molar refractivity (Wildman–Crippen MR) is 159 cm³/mol. The van der Waals surface area contributed by atoms with Gasteiger partial charge in [0, 0.05) is 19.1 Å². The Morgan fingerprint density at radius 1 is 0.767 bits per heavy atom. The minimum atomic E-state index is -0.545. The Morgan fingerprint density at radius 2 is 1.44 bits per heavy atom. The van der Waals surface area contributed by atoms with Crippen LogP contribution < -0.4 is 14.2 Å². The van der Waals surface area contributed by atoms with Crippen LogP contribution in [0.2, 0.25) is 0 Å². The average molecular weight is 593 g/mol. The summed E-state index contributed by atoms with van der Waals surface area (Å²) in [5, 5.41) is 0. The normalized spacial score (nSPS) is 10.6. The van der Waals surface area contributed by atoms with Crippen molar-refractivity contribution in [3.05, 3.63) is 108 Å². The first kappa shape index (κ1) is 33.0. The van der Waals surface area contributed by atoms with E-state index in [1.165, 1.54) is 0 Å². The molecule has 0 radical (unpaired) electrons. The van der Waals surface area contributed by atoms with Crippen LogP contribution in [0.5, 0.6) is 17.2 Å². The van der Waals surface area contributed by atoms with Crippen molar-refractivity contribution < 1.29 is 47.8 Å². The van der Waals surface area contributed by atoms with Gasteiger partial charge in [-0.3, -0.25) is 0 Å². The fourth-order valence-corrected chi connectivity index (χ4v) is 3.57. The lowest BCUT2D eigenvalue weighted by molar-refractivity contribution is -0.287. The highest BCUT2D eigenvalue weighted by molar-refractivity contribution is 5.94. The topological polar surface area (TPSA) is 108 Å². The quantitative estimate of drug-likeness (QED) is 0.0242. The van der Waals surface area contributed by atoms with Crippen LogP contribution in [-0.4, -0.2) is 58.9 Å². The summed E-state index contributed by atoms with van der Waals surface area (Å²) in [5.41, 5.74) is 2.00. The molecule has 0 aliphatic carbocycles. The van der Waals surface area contributed by atoms with Crippen LogP contribution in [0.25, 0.3) is 5.76 Å². The number of benzene rings is 3. The molecule has 3 rings (SSSR count). The van der Waals surface area contributed by atoms with E-state index < -0.39 is 11.9 Å². The molecule has 10 heteroatoms. The van der Waals surface area contributed by atoms with Gasteiger partial charge in [-0.05, 0) is 67.1 Å². The Kier molecular flexibility index (Phi) is 13.9. The molecule has 0 heterocycles. The van der Waals surface area contributed by atoms with Crippen molar-refractivity contribution in [2.75, 3.05) is 46.9 Å². The first-order valence-electron chi connectivity index (χ1n) is 13.5. The lowest BCUT2D eigenvalue weighted by Crippen LogP contribution is -2.12. The van der Waals surface area contributed by atoms with E-state index in [1.54, 1.807) is 86.8 Å². The zero-order valence-electron chi connectivity index (χ0n) is 24.4. The highest BCUT2D eigenvalue weighted by atomic mass is 17.2. The molecule has 0 amide bonds. The summed E-state index contributed by atoms with van der Waals surface area (Å²) in [6, 6.07) is 18.1. The van der Waals surface area contributed by atoms with Gasteiger partial charge in [0.1, 0.15) is 43.0 Å². The number of esters is 2.